The molecule has 1 N–H and O–H groups in total. The Morgan fingerprint density at radius 2 is 2.33 bits per heavy atom. The van der Waals surface area contributed by atoms with E-state index < -0.39 is 10.0 Å². The zero-order valence-electron chi connectivity index (χ0n) is 4.62. The summed E-state index contributed by atoms with van der Waals surface area (Å²) < 4.78 is 22.9. The second-order valence-electron chi connectivity index (χ2n) is 1.27. The van der Waals surface area contributed by atoms with Gasteiger partial charge in [0.15, 0.2) is 0 Å². The minimum absolute atomic E-state index is 0.128. The average Bonchev–Trinajstić information content (AvgIpc) is 1.64. The van der Waals surface area contributed by atoms with Crippen LogP contribution in [0.15, 0.2) is 12.7 Å². The minimum Gasteiger partial charge on any atom is -0.271 e. The summed E-state index contributed by atoms with van der Waals surface area (Å²) >= 11 is 4.14. The first-order valence-corrected chi connectivity index (χ1v) is 4.16. The molecule has 0 aliphatic rings. The summed E-state index contributed by atoms with van der Waals surface area (Å²) in [6, 6.07) is 0. The lowest BCUT2D eigenvalue weighted by atomic mass is 10.8. The van der Waals surface area contributed by atoms with Crippen LogP contribution in [0.3, 0.4) is 0 Å². The molecule has 9 heavy (non-hydrogen) atoms. The smallest absolute Gasteiger partial charge is 0.237 e. The lowest BCUT2D eigenvalue weighted by Crippen LogP contribution is -2.22. The van der Waals surface area contributed by atoms with E-state index in [2.05, 4.69) is 18.8 Å². The van der Waals surface area contributed by atoms with Crippen molar-refractivity contribution in [2.45, 2.75) is 0 Å². The van der Waals surface area contributed by atoms with Crippen LogP contribution >= 0.6 is 12.2 Å². The van der Waals surface area contributed by atoms with Gasteiger partial charge in [-0.2, -0.15) is 0 Å². The van der Waals surface area contributed by atoms with Crippen molar-refractivity contribution in [1.29, 1.82) is 0 Å². The summed E-state index contributed by atoms with van der Waals surface area (Å²) in [5.41, 5.74) is 1.89. The second-order valence-corrected chi connectivity index (χ2v) is 3.25. The Balaban J connectivity index is 4.03. The number of rotatable bonds is 4. The quantitative estimate of drug-likeness (QED) is 0.359. The summed E-state index contributed by atoms with van der Waals surface area (Å²) in [7, 11) is -3.27. The van der Waals surface area contributed by atoms with Crippen molar-refractivity contribution in [1.82, 2.24) is 4.72 Å². The molecule has 0 spiro atoms. The summed E-state index contributed by atoms with van der Waals surface area (Å²) in [4.78, 5) is 0. The van der Waals surface area contributed by atoms with Crippen molar-refractivity contribution in [2.24, 2.45) is 0 Å². The van der Waals surface area contributed by atoms with E-state index in [1.807, 2.05) is 10.2 Å². The molecule has 3 nitrogen and oxygen atoms in total. The maximum Gasteiger partial charge on any atom is 0.237 e. The largest absolute Gasteiger partial charge is 0.271 e. The molecule has 5 heteroatoms. The van der Waals surface area contributed by atoms with Gasteiger partial charge in [0, 0.05) is 0 Å². The van der Waals surface area contributed by atoms with Crippen LogP contribution < -0.4 is 4.72 Å². The SMILES string of the molecule is C=CCS(=O)(=O)N[C]=S. The molecule has 0 aliphatic carbocycles. The molecule has 0 aromatic heterocycles. The molecule has 0 aromatic carbocycles. The van der Waals surface area contributed by atoms with Crippen LogP contribution in [0.4, 0.5) is 0 Å². The summed E-state index contributed by atoms with van der Waals surface area (Å²) in [6.45, 7) is 3.25. The van der Waals surface area contributed by atoms with Crippen molar-refractivity contribution in [3.8, 4) is 0 Å². The highest BCUT2D eigenvalue weighted by atomic mass is 32.2. The molecule has 0 unspecified atom stereocenters. The van der Waals surface area contributed by atoms with Gasteiger partial charge in [0.2, 0.25) is 10.0 Å². The molecule has 0 heterocycles. The van der Waals surface area contributed by atoms with Crippen LogP contribution in [0.25, 0.3) is 0 Å². The molecular formula is C4H6NO2S2. The van der Waals surface area contributed by atoms with Gasteiger partial charge in [-0.1, -0.05) is 18.3 Å². The molecule has 0 aromatic rings. The molecular weight excluding hydrogens is 158 g/mol. The Morgan fingerprint density at radius 1 is 1.78 bits per heavy atom. The summed E-state index contributed by atoms with van der Waals surface area (Å²) in [5, 5.41) is 0. The molecule has 0 amide bonds. The van der Waals surface area contributed by atoms with Crippen LogP contribution in [0.5, 0.6) is 0 Å². The summed E-state index contributed by atoms with van der Waals surface area (Å²) in [6.07, 6.45) is 1.27. The topological polar surface area (TPSA) is 46.2 Å². The van der Waals surface area contributed by atoms with Crippen molar-refractivity contribution in [2.75, 3.05) is 5.75 Å². The lowest BCUT2D eigenvalue weighted by molar-refractivity contribution is 0.596. The molecule has 0 bridgehead atoms. The molecule has 51 valence electrons. The first-order chi connectivity index (χ1) is 4.12. The van der Waals surface area contributed by atoms with E-state index in [1.165, 1.54) is 6.08 Å². The Kier molecular flexibility index (Phi) is 3.41. The molecule has 0 aliphatic heterocycles. The van der Waals surface area contributed by atoms with E-state index in [0.29, 0.717) is 0 Å². The highest BCUT2D eigenvalue weighted by Gasteiger charge is 2.01. The van der Waals surface area contributed by atoms with E-state index in [9.17, 15) is 8.42 Å². The molecule has 0 rings (SSSR count). The van der Waals surface area contributed by atoms with Gasteiger partial charge in [0.1, 0.15) is 5.49 Å². The highest BCUT2D eigenvalue weighted by Crippen LogP contribution is 1.80. The van der Waals surface area contributed by atoms with Gasteiger partial charge >= 0.3 is 0 Å². The van der Waals surface area contributed by atoms with Crippen LogP contribution in [-0.2, 0) is 10.0 Å². The van der Waals surface area contributed by atoms with E-state index in [1.54, 1.807) is 0 Å². The average molecular weight is 164 g/mol. The minimum atomic E-state index is -3.27. The number of sulfonamides is 1. The Hall–Kier alpha value is -0.420. The normalized spacial score (nSPS) is 10.2. The van der Waals surface area contributed by atoms with Gasteiger partial charge in [0.25, 0.3) is 0 Å². The standard InChI is InChI=1S/C4H6NO2S2/c1-2-3-9(6,7)5-4-8/h2H,1,3H2,(H,5,8). The Labute approximate surface area is 59.8 Å². The summed E-state index contributed by atoms with van der Waals surface area (Å²) in [5.74, 6) is -0.128. The molecule has 0 fully saturated rings. The van der Waals surface area contributed by atoms with Gasteiger partial charge in [-0.15, -0.1) is 6.58 Å². The van der Waals surface area contributed by atoms with Crippen LogP contribution in [-0.4, -0.2) is 19.7 Å². The van der Waals surface area contributed by atoms with Crippen molar-refractivity contribution in [3.63, 3.8) is 0 Å². The van der Waals surface area contributed by atoms with Gasteiger partial charge in [0.05, 0.1) is 5.75 Å². The molecule has 0 saturated heterocycles. The van der Waals surface area contributed by atoms with E-state index >= 15 is 0 Å². The lowest BCUT2D eigenvalue weighted by Gasteiger charge is -1.94. The maximum absolute atomic E-state index is 10.5. The van der Waals surface area contributed by atoms with Crippen molar-refractivity contribution < 1.29 is 8.42 Å². The number of thiocarbonyl (C=S) groups is 1. The fourth-order valence-electron chi connectivity index (χ4n) is 0.260. The van der Waals surface area contributed by atoms with Crippen LogP contribution in [0.1, 0.15) is 0 Å². The van der Waals surface area contributed by atoms with Gasteiger partial charge < -0.3 is 0 Å². The molecule has 0 saturated carbocycles. The first-order valence-electron chi connectivity index (χ1n) is 2.10. The fraction of sp³-hybridized carbons (Fsp3) is 0.250. The first kappa shape index (κ1) is 8.58. The maximum atomic E-state index is 10.5. The van der Waals surface area contributed by atoms with Crippen molar-refractivity contribution in [3.05, 3.63) is 12.7 Å². The predicted molar refractivity (Wildman–Crippen MR) is 39.7 cm³/mol. The van der Waals surface area contributed by atoms with Gasteiger partial charge in [-0.05, 0) is 0 Å². The number of nitrogens with one attached hydrogen (secondary N) is 1. The zero-order chi connectivity index (χ0) is 7.33. The predicted octanol–water partition coefficient (Wildman–Crippen LogP) is -0.0740. The Morgan fingerprint density at radius 3 is 2.67 bits per heavy atom. The zero-order valence-corrected chi connectivity index (χ0v) is 6.26. The van der Waals surface area contributed by atoms with Crippen LogP contribution in [0.2, 0.25) is 0 Å². The van der Waals surface area contributed by atoms with E-state index in [4.69, 9.17) is 0 Å². The molecule has 0 atom stereocenters. The third-order valence-electron chi connectivity index (χ3n) is 0.534. The third kappa shape index (κ3) is 4.11. The number of hydrogen-bond acceptors (Lipinski definition) is 3. The van der Waals surface area contributed by atoms with Gasteiger partial charge in [-0.25, -0.2) is 8.42 Å². The second kappa shape index (κ2) is 3.58. The highest BCUT2D eigenvalue weighted by molar-refractivity contribution is 7.91. The Bertz CT molecular complexity index is 179. The monoisotopic (exact) mass is 164 g/mol. The van der Waals surface area contributed by atoms with Gasteiger partial charge in [-0.3, -0.25) is 4.72 Å². The third-order valence-corrected chi connectivity index (χ3v) is 1.85. The van der Waals surface area contributed by atoms with E-state index in [-0.39, 0.29) is 5.75 Å². The van der Waals surface area contributed by atoms with E-state index in [0.717, 1.165) is 0 Å². The molecule has 1 radical (unpaired) electrons. The fourth-order valence-corrected chi connectivity index (χ4v) is 1.16. The van der Waals surface area contributed by atoms with Crippen LogP contribution in [0, 0.1) is 0 Å². The van der Waals surface area contributed by atoms with Crippen molar-refractivity contribution >= 4 is 27.7 Å². The number of hydrogen-bond donors (Lipinski definition) is 1.